The molecule has 29 heavy (non-hydrogen) atoms. The third-order valence-corrected chi connectivity index (χ3v) is 8.02. The van der Waals surface area contributed by atoms with Crippen LogP contribution >= 0.6 is 23.1 Å². The summed E-state index contributed by atoms with van der Waals surface area (Å²) in [7, 11) is -4.32. The molecule has 0 amide bonds. The summed E-state index contributed by atoms with van der Waals surface area (Å²) in [5.41, 5.74) is 1.76. The van der Waals surface area contributed by atoms with E-state index in [1.807, 2.05) is 35.2 Å². The van der Waals surface area contributed by atoms with Crippen LogP contribution in [0.15, 0.2) is 57.3 Å². The number of nitrogens with zero attached hydrogens (tertiary/aromatic N) is 2. The van der Waals surface area contributed by atoms with Crippen LogP contribution in [0.5, 0.6) is 0 Å². The van der Waals surface area contributed by atoms with Gasteiger partial charge in [0, 0.05) is 23.4 Å². The van der Waals surface area contributed by atoms with Crippen LogP contribution in [0.2, 0.25) is 0 Å². The molecule has 0 spiro atoms. The molecule has 2 aliphatic heterocycles. The molecule has 1 aromatic heterocycles. The van der Waals surface area contributed by atoms with Gasteiger partial charge < -0.3 is 14.8 Å². The highest BCUT2D eigenvalue weighted by molar-refractivity contribution is 8.04. The molecule has 0 aliphatic carbocycles. The number of carboxylic acid groups (broad SMARTS) is 1. The molecule has 2 aliphatic rings. The maximum Gasteiger partial charge on any atom is 0.294 e. The van der Waals surface area contributed by atoms with Crippen molar-refractivity contribution in [3.8, 4) is 0 Å². The highest BCUT2D eigenvalue weighted by Gasteiger charge is 2.38. The normalized spacial score (nSPS) is 18.0. The lowest BCUT2D eigenvalue weighted by molar-refractivity contribution is -0.670. The van der Waals surface area contributed by atoms with E-state index in [0.29, 0.717) is 11.4 Å². The Bertz CT molecular complexity index is 1310. The molecule has 3 heterocycles. The average Bonchev–Trinajstić information content (AvgIpc) is 3.13. The molecule has 1 N–H and O–H groups in total. The van der Waals surface area contributed by atoms with Crippen molar-refractivity contribution in [2.45, 2.75) is 28.8 Å². The fraction of sp³-hybridized carbons (Fsp3) is 0.158. The first kappa shape index (κ1) is 18.6. The van der Waals surface area contributed by atoms with Gasteiger partial charge >= 0.3 is 0 Å². The molecular weight excluding hydrogens is 432 g/mol. The van der Waals surface area contributed by atoms with E-state index in [2.05, 4.69) is 4.57 Å². The molecule has 0 radical (unpaired) electrons. The number of thioether (sulfide) groups is 1. The summed E-state index contributed by atoms with van der Waals surface area (Å²) in [6.07, 6.45) is 1.83. The minimum absolute atomic E-state index is 0.173. The molecule has 1 unspecified atom stereocenters. The van der Waals surface area contributed by atoms with Crippen molar-refractivity contribution in [1.82, 2.24) is 0 Å². The maximum absolute atomic E-state index is 11.5. The number of rotatable bonds is 3. The van der Waals surface area contributed by atoms with E-state index in [9.17, 15) is 22.9 Å². The lowest BCUT2D eigenvalue weighted by Gasteiger charge is -2.27. The Hall–Kier alpha value is -2.40. The second kappa shape index (κ2) is 6.56. The van der Waals surface area contributed by atoms with Gasteiger partial charge in [0.15, 0.2) is 6.54 Å². The molecule has 5 rings (SSSR count). The largest absolute Gasteiger partial charge is 0.550 e. The second-order valence-corrected chi connectivity index (χ2v) is 10.4. The molecule has 3 aromatic rings. The third kappa shape index (κ3) is 3.12. The SMILES string of the molecule is O=C([O-])CC1C[n+]2c(sc3ccccc32)C=C2Sc3cc(S(=O)(=O)O)ccc3N21. The van der Waals surface area contributed by atoms with Gasteiger partial charge in [0.1, 0.15) is 4.70 Å². The standard InChI is InChI=1S/C19H14N2O5S3/c22-19(23)7-11-10-20-13-3-1-2-4-15(13)27-17(20)9-18-21(11)14-6-5-12(29(24,25)26)8-16(14)28-18/h1-6,8-9,11H,7,10H2,(H-,22,23,24,25,26). The number of benzene rings is 2. The number of hydrogen-bond acceptors (Lipinski definition) is 7. The Morgan fingerprint density at radius 3 is 2.83 bits per heavy atom. The van der Waals surface area contributed by atoms with Gasteiger partial charge in [0.05, 0.1) is 27.7 Å². The van der Waals surface area contributed by atoms with E-state index in [-0.39, 0.29) is 11.3 Å². The first-order chi connectivity index (χ1) is 13.8. The summed E-state index contributed by atoms with van der Waals surface area (Å²) in [4.78, 5) is 13.9. The summed E-state index contributed by atoms with van der Waals surface area (Å²) < 4.78 is 35.6. The summed E-state index contributed by atoms with van der Waals surface area (Å²) >= 11 is 2.98. The van der Waals surface area contributed by atoms with Gasteiger partial charge in [-0.1, -0.05) is 35.2 Å². The Labute approximate surface area is 174 Å². The number of aliphatic carboxylic acids is 1. The van der Waals surface area contributed by atoms with Gasteiger partial charge in [0.25, 0.3) is 15.1 Å². The number of aromatic nitrogens is 1. The highest BCUT2D eigenvalue weighted by atomic mass is 32.2. The first-order valence-corrected chi connectivity index (χ1v) is 11.8. The zero-order valence-electron chi connectivity index (χ0n) is 14.8. The fourth-order valence-corrected chi connectivity index (χ4v) is 6.75. The van der Waals surface area contributed by atoms with Crippen LogP contribution in [0.25, 0.3) is 16.3 Å². The number of carboxylic acids is 1. The lowest BCUT2D eigenvalue weighted by Crippen LogP contribution is -2.48. The van der Waals surface area contributed by atoms with Crippen LogP contribution in [0.4, 0.5) is 5.69 Å². The van der Waals surface area contributed by atoms with E-state index in [1.165, 1.54) is 23.9 Å². The van der Waals surface area contributed by atoms with Gasteiger partial charge in [0.2, 0.25) is 5.52 Å². The molecule has 1 atom stereocenters. The second-order valence-electron chi connectivity index (χ2n) is 6.81. The number of para-hydroxylation sites is 1. The van der Waals surface area contributed by atoms with Gasteiger partial charge in [-0.15, -0.1) is 0 Å². The smallest absolute Gasteiger partial charge is 0.294 e. The molecule has 0 fully saturated rings. The number of anilines is 1. The van der Waals surface area contributed by atoms with E-state index >= 15 is 0 Å². The van der Waals surface area contributed by atoms with Crippen LogP contribution in [0.1, 0.15) is 11.4 Å². The zero-order chi connectivity index (χ0) is 20.3. The number of carbonyl (C=O) groups excluding carboxylic acids is 1. The van der Waals surface area contributed by atoms with Crippen molar-refractivity contribution in [1.29, 1.82) is 0 Å². The van der Waals surface area contributed by atoms with Crippen LogP contribution in [0.3, 0.4) is 0 Å². The molecule has 7 nitrogen and oxygen atoms in total. The number of hydrogen-bond donors (Lipinski definition) is 1. The summed E-state index contributed by atoms with van der Waals surface area (Å²) in [5, 5.41) is 13.3. The van der Waals surface area contributed by atoms with Gasteiger partial charge in [-0.05, 0) is 24.3 Å². The summed E-state index contributed by atoms with van der Waals surface area (Å²) in [5.74, 6) is -1.15. The van der Waals surface area contributed by atoms with Gasteiger partial charge in [-0.25, -0.2) is 0 Å². The highest BCUT2D eigenvalue weighted by Crippen LogP contribution is 2.49. The van der Waals surface area contributed by atoms with Gasteiger partial charge in [-0.2, -0.15) is 13.0 Å². The maximum atomic E-state index is 11.5. The molecular formula is C19H14N2O5S3. The summed E-state index contributed by atoms with van der Waals surface area (Å²) in [6.45, 7) is 0.452. The molecule has 2 aromatic carbocycles. The predicted molar refractivity (Wildman–Crippen MR) is 108 cm³/mol. The van der Waals surface area contributed by atoms with Crippen LogP contribution in [0, 0.1) is 0 Å². The first-order valence-electron chi connectivity index (χ1n) is 8.73. The van der Waals surface area contributed by atoms with Crippen molar-refractivity contribution >= 4 is 61.2 Å². The van der Waals surface area contributed by atoms with Crippen LogP contribution in [-0.2, 0) is 21.5 Å². The molecule has 148 valence electrons. The Kier molecular flexibility index (Phi) is 4.21. The molecule has 0 bridgehead atoms. The fourth-order valence-electron chi connectivity index (χ4n) is 3.79. The minimum Gasteiger partial charge on any atom is -0.550 e. The van der Waals surface area contributed by atoms with Gasteiger partial charge in [-0.3, -0.25) is 4.55 Å². The van der Waals surface area contributed by atoms with Crippen molar-refractivity contribution in [2.75, 3.05) is 4.90 Å². The van der Waals surface area contributed by atoms with Crippen LogP contribution in [-0.4, -0.2) is 25.0 Å². The van der Waals surface area contributed by atoms with E-state index in [0.717, 1.165) is 25.9 Å². The van der Waals surface area contributed by atoms with E-state index in [1.54, 1.807) is 17.4 Å². The van der Waals surface area contributed by atoms with Crippen molar-refractivity contribution in [2.24, 2.45) is 0 Å². The third-order valence-electron chi connectivity index (χ3n) is 4.98. The monoisotopic (exact) mass is 446 g/mol. The number of carbonyl (C=O) groups is 1. The topological polar surface area (TPSA) is 102 Å². The number of fused-ring (bicyclic) bond motifs is 6. The van der Waals surface area contributed by atoms with E-state index < -0.39 is 22.1 Å². The minimum atomic E-state index is -4.32. The Morgan fingerprint density at radius 1 is 1.28 bits per heavy atom. The predicted octanol–water partition coefficient (Wildman–Crippen LogP) is 1.87. The average molecular weight is 447 g/mol. The quantitative estimate of drug-likeness (QED) is 0.484. The molecule has 10 heteroatoms. The van der Waals surface area contributed by atoms with Crippen molar-refractivity contribution in [3.63, 3.8) is 0 Å². The number of thiazole rings is 1. The van der Waals surface area contributed by atoms with Crippen molar-refractivity contribution in [3.05, 3.63) is 52.5 Å². The summed E-state index contributed by atoms with van der Waals surface area (Å²) in [6, 6.07) is 11.9. The Balaban J connectivity index is 1.68. The zero-order valence-corrected chi connectivity index (χ0v) is 17.3. The lowest BCUT2D eigenvalue weighted by atomic mass is 10.1. The van der Waals surface area contributed by atoms with Crippen molar-refractivity contribution < 1.29 is 27.4 Å². The van der Waals surface area contributed by atoms with Crippen LogP contribution < -0.4 is 14.6 Å². The van der Waals surface area contributed by atoms with E-state index in [4.69, 9.17) is 0 Å². The molecule has 0 saturated heterocycles. The Morgan fingerprint density at radius 2 is 2.07 bits per heavy atom. The molecule has 0 saturated carbocycles.